The molecule has 0 unspecified atom stereocenters. The first-order valence-electron chi connectivity index (χ1n) is 13.1. The number of fused-ring (bicyclic) bond motifs is 3. The lowest BCUT2D eigenvalue weighted by Crippen LogP contribution is -2.52. The first-order chi connectivity index (χ1) is 18.3. The molecule has 38 heavy (non-hydrogen) atoms. The second kappa shape index (κ2) is 10.5. The molecule has 0 spiro atoms. The van der Waals surface area contributed by atoms with E-state index in [0.717, 1.165) is 36.3 Å². The van der Waals surface area contributed by atoms with Crippen LogP contribution in [0, 0.1) is 0 Å². The molecular formula is C31H37NO6. The lowest BCUT2D eigenvalue weighted by molar-refractivity contribution is -0.150. The van der Waals surface area contributed by atoms with Gasteiger partial charge in [-0.1, -0.05) is 42.5 Å². The van der Waals surface area contributed by atoms with Gasteiger partial charge in [-0.15, -0.1) is 0 Å². The van der Waals surface area contributed by atoms with Gasteiger partial charge in [-0.25, -0.2) is 0 Å². The van der Waals surface area contributed by atoms with Gasteiger partial charge in [0.05, 0.1) is 32.5 Å². The monoisotopic (exact) mass is 519 g/mol. The number of hydrogen-bond donors (Lipinski definition) is 2. The van der Waals surface area contributed by atoms with Crippen molar-refractivity contribution in [2.75, 3.05) is 41.5 Å². The summed E-state index contributed by atoms with van der Waals surface area (Å²) in [5.41, 5.74) is -0.882. The van der Waals surface area contributed by atoms with Crippen LogP contribution in [0.1, 0.15) is 41.9 Å². The molecular weight excluding hydrogens is 482 g/mol. The van der Waals surface area contributed by atoms with Crippen molar-refractivity contribution in [3.8, 4) is 23.0 Å². The van der Waals surface area contributed by atoms with E-state index in [0.29, 0.717) is 35.8 Å². The fourth-order valence-electron chi connectivity index (χ4n) is 6.10. The largest absolute Gasteiger partial charge is 0.496 e. The molecule has 0 amide bonds. The molecule has 5 rings (SSSR count). The van der Waals surface area contributed by atoms with E-state index in [9.17, 15) is 10.2 Å². The van der Waals surface area contributed by atoms with E-state index >= 15 is 0 Å². The van der Waals surface area contributed by atoms with Gasteiger partial charge in [-0.2, -0.15) is 0 Å². The average Bonchev–Trinajstić information content (AvgIpc) is 3.33. The molecule has 1 aliphatic carbocycles. The second-order valence-corrected chi connectivity index (χ2v) is 10.4. The third kappa shape index (κ3) is 4.19. The van der Waals surface area contributed by atoms with Crippen LogP contribution in [-0.2, 0) is 11.2 Å². The van der Waals surface area contributed by atoms with Crippen LogP contribution >= 0.6 is 0 Å². The normalized spacial score (nSPS) is 25.6. The Labute approximate surface area is 224 Å². The molecule has 3 aromatic rings. The third-order valence-corrected chi connectivity index (χ3v) is 7.90. The first-order valence-corrected chi connectivity index (χ1v) is 13.1. The van der Waals surface area contributed by atoms with Crippen molar-refractivity contribution < 1.29 is 29.2 Å². The Morgan fingerprint density at radius 3 is 2.34 bits per heavy atom. The van der Waals surface area contributed by atoms with Crippen LogP contribution < -0.4 is 18.9 Å². The fourth-order valence-corrected chi connectivity index (χ4v) is 6.10. The number of unbranched alkanes of at least 4 members (excludes halogenated alkanes) is 1. The quantitative estimate of drug-likeness (QED) is 0.383. The van der Waals surface area contributed by atoms with Crippen LogP contribution in [0.5, 0.6) is 23.0 Å². The van der Waals surface area contributed by atoms with Crippen LogP contribution in [0.25, 0.3) is 0 Å². The Bertz CT molecular complexity index is 1250. The van der Waals surface area contributed by atoms with Crippen molar-refractivity contribution >= 4 is 0 Å². The lowest BCUT2D eigenvalue weighted by Gasteiger charge is -2.40. The maximum absolute atomic E-state index is 12.5. The summed E-state index contributed by atoms with van der Waals surface area (Å²) >= 11 is 0. The van der Waals surface area contributed by atoms with Crippen molar-refractivity contribution in [3.05, 3.63) is 83.4 Å². The molecule has 1 heterocycles. The van der Waals surface area contributed by atoms with E-state index in [1.807, 2.05) is 54.6 Å². The highest BCUT2D eigenvalue weighted by Gasteiger charge is 2.73. The van der Waals surface area contributed by atoms with E-state index < -0.39 is 17.3 Å². The summed E-state index contributed by atoms with van der Waals surface area (Å²) in [6.07, 6.45) is 1.25. The second-order valence-electron chi connectivity index (χ2n) is 10.4. The minimum atomic E-state index is -1.75. The number of benzene rings is 3. The Kier molecular flexibility index (Phi) is 7.27. The van der Waals surface area contributed by atoms with Gasteiger partial charge in [0, 0.05) is 18.1 Å². The summed E-state index contributed by atoms with van der Waals surface area (Å²) in [4.78, 5) is 2.17. The molecule has 0 radical (unpaired) electrons. The summed E-state index contributed by atoms with van der Waals surface area (Å²) in [6, 6.07) is 21.1. The zero-order chi connectivity index (χ0) is 26.9. The maximum atomic E-state index is 12.5. The Hall–Kier alpha value is -3.26. The molecule has 4 atom stereocenters. The van der Waals surface area contributed by atoms with E-state index in [-0.39, 0.29) is 5.92 Å². The molecule has 1 aliphatic heterocycles. The Morgan fingerprint density at radius 2 is 1.68 bits per heavy atom. The SMILES string of the molecule is COc1cc(OC)c2c(c1)O[C@@]1(c3ccc(OCCCCN(C)C)cc3)[C@H](c3ccccc3)C[C@@H](O)[C@@]21O. The number of rotatable bonds is 10. The summed E-state index contributed by atoms with van der Waals surface area (Å²) in [5, 5.41) is 24.1. The molecule has 7 nitrogen and oxygen atoms in total. The van der Waals surface area contributed by atoms with E-state index in [1.165, 1.54) is 0 Å². The number of hydrogen-bond acceptors (Lipinski definition) is 7. The van der Waals surface area contributed by atoms with E-state index in [1.54, 1.807) is 26.4 Å². The molecule has 3 aromatic carbocycles. The van der Waals surface area contributed by atoms with Gasteiger partial charge in [0.1, 0.15) is 23.0 Å². The van der Waals surface area contributed by atoms with Crippen molar-refractivity contribution in [2.45, 2.75) is 42.5 Å². The molecule has 0 aromatic heterocycles. The molecule has 2 aliphatic rings. The summed E-state index contributed by atoms with van der Waals surface area (Å²) in [5.74, 6) is 1.81. The van der Waals surface area contributed by atoms with Crippen LogP contribution in [0.4, 0.5) is 0 Å². The summed E-state index contributed by atoms with van der Waals surface area (Å²) in [6.45, 7) is 1.66. The highest BCUT2D eigenvalue weighted by atomic mass is 16.5. The van der Waals surface area contributed by atoms with Crippen molar-refractivity contribution in [3.63, 3.8) is 0 Å². The standard InChI is InChI=1S/C31H37NO6/c1-32(2)16-8-9-17-37-23-14-12-22(13-15-23)31-25(21-10-6-5-7-11-21)20-28(33)30(31,34)29-26(36-4)18-24(35-3)19-27(29)38-31/h5-7,10-15,18-19,25,28,33-34H,8-9,16-17,20H2,1-4H3/t25-,28+,30+,31-/m0/s1. The summed E-state index contributed by atoms with van der Waals surface area (Å²) in [7, 11) is 7.25. The van der Waals surface area contributed by atoms with Gasteiger partial charge in [0.15, 0.2) is 11.2 Å². The van der Waals surface area contributed by atoms with Gasteiger partial charge < -0.3 is 34.1 Å². The highest BCUT2D eigenvalue weighted by Crippen LogP contribution is 2.68. The molecule has 0 saturated heterocycles. The van der Waals surface area contributed by atoms with Crippen LogP contribution in [0.15, 0.2) is 66.7 Å². The van der Waals surface area contributed by atoms with Gasteiger partial charge in [0.25, 0.3) is 0 Å². The van der Waals surface area contributed by atoms with Gasteiger partial charge in [0.2, 0.25) is 0 Å². The zero-order valence-corrected chi connectivity index (χ0v) is 22.5. The molecule has 202 valence electrons. The van der Waals surface area contributed by atoms with Crippen LogP contribution in [0.2, 0.25) is 0 Å². The van der Waals surface area contributed by atoms with Crippen molar-refractivity contribution in [1.82, 2.24) is 4.90 Å². The van der Waals surface area contributed by atoms with Gasteiger partial charge >= 0.3 is 0 Å². The predicted octanol–water partition coefficient (Wildman–Crippen LogP) is 4.45. The smallest absolute Gasteiger partial charge is 0.176 e. The first kappa shape index (κ1) is 26.4. The molecule has 2 N–H and O–H groups in total. The van der Waals surface area contributed by atoms with Gasteiger partial charge in [-0.05, 0) is 63.2 Å². The van der Waals surface area contributed by atoms with Crippen LogP contribution in [-0.4, -0.2) is 62.7 Å². The average molecular weight is 520 g/mol. The predicted molar refractivity (Wildman–Crippen MR) is 145 cm³/mol. The fraction of sp³-hybridized carbons (Fsp3) is 0.419. The minimum Gasteiger partial charge on any atom is -0.496 e. The highest BCUT2D eigenvalue weighted by molar-refractivity contribution is 5.62. The Balaban J connectivity index is 1.56. The van der Waals surface area contributed by atoms with Crippen molar-refractivity contribution in [2.24, 2.45) is 0 Å². The maximum Gasteiger partial charge on any atom is 0.176 e. The molecule has 1 fully saturated rings. The van der Waals surface area contributed by atoms with E-state index in [2.05, 4.69) is 19.0 Å². The molecule has 1 saturated carbocycles. The topological polar surface area (TPSA) is 80.6 Å². The third-order valence-electron chi connectivity index (χ3n) is 7.90. The number of aliphatic hydroxyl groups is 2. The van der Waals surface area contributed by atoms with E-state index in [4.69, 9.17) is 18.9 Å². The van der Waals surface area contributed by atoms with Crippen LogP contribution in [0.3, 0.4) is 0 Å². The molecule has 7 heteroatoms. The minimum absolute atomic E-state index is 0.319. The Morgan fingerprint density at radius 1 is 0.947 bits per heavy atom. The number of ether oxygens (including phenoxy) is 4. The van der Waals surface area contributed by atoms with Gasteiger partial charge in [-0.3, -0.25) is 0 Å². The summed E-state index contributed by atoms with van der Waals surface area (Å²) < 4.78 is 23.9. The van der Waals surface area contributed by atoms with Crippen molar-refractivity contribution in [1.29, 1.82) is 0 Å². The number of methoxy groups -OCH3 is 2. The molecule has 0 bridgehead atoms. The zero-order valence-electron chi connectivity index (χ0n) is 22.5. The number of nitrogens with zero attached hydrogens (tertiary/aromatic N) is 1. The number of aliphatic hydroxyl groups excluding tert-OH is 1. The lowest BCUT2D eigenvalue weighted by atomic mass is 9.71.